The normalized spacial score (nSPS) is 23.3. The van der Waals surface area contributed by atoms with Crippen LogP contribution in [0.5, 0.6) is 0 Å². The van der Waals surface area contributed by atoms with Gasteiger partial charge in [-0.15, -0.1) is 11.3 Å². The molecule has 0 radical (unpaired) electrons. The van der Waals surface area contributed by atoms with Gasteiger partial charge in [0, 0.05) is 16.5 Å². The minimum absolute atomic E-state index is 0.0637. The number of hydrogen-bond acceptors (Lipinski definition) is 7. The fraction of sp³-hybridized carbons (Fsp3) is 0.300. The molecule has 2 N–H and O–H groups in total. The van der Waals surface area contributed by atoms with Gasteiger partial charge < -0.3 is 10.3 Å². The molecular formula is C20H21N3O3S2. The lowest BCUT2D eigenvalue weighted by molar-refractivity contribution is 0.432. The summed E-state index contributed by atoms with van der Waals surface area (Å²) in [4.78, 5) is 5.47. The van der Waals surface area contributed by atoms with Gasteiger partial charge in [0.2, 0.25) is 0 Å². The summed E-state index contributed by atoms with van der Waals surface area (Å²) in [5.41, 5.74) is 8.10. The van der Waals surface area contributed by atoms with Crippen molar-refractivity contribution in [3.05, 3.63) is 52.9 Å². The van der Waals surface area contributed by atoms with Crippen molar-refractivity contribution in [3.63, 3.8) is 0 Å². The van der Waals surface area contributed by atoms with Gasteiger partial charge in [0.1, 0.15) is 16.1 Å². The van der Waals surface area contributed by atoms with Crippen LogP contribution in [0.2, 0.25) is 0 Å². The number of aliphatic imine (C=N–C) groups is 1. The van der Waals surface area contributed by atoms with Gasteiger partial charge in [-0.25, -0.2) is 8.42 Å². The maximum atomic E-state index is 12.8. The zero-order chi connectivity index (χ0) is 20.2. The fourth-order valence-electron chi connectivity index (χ4n) is 3.26. The van der Waals surface area contributed by atoms with Crippen LogP contribution < -0.4 is 5.73 Å². The van der Waals surface area contributed by atoms with Crippen molar-refractivity contribution in [2.75, 3.05) is 5.75 Å². The Labute approximate surface area is 168 Å². The fourth-order valence-corrected chi connectivity index (χ4v) is 6.06. The van der Waals surface area contributed by atoms with E-state index in [0.717, 1.165) is 21.6 Å². The lowest BCUT2D eigenvalue weighted by Crippen LogP contribution is -2.54. The molecule has 0 bridgehead atoms. The van der Waals surface area contributed by atoms with Crippen LogP contribution in [0.1, 0.15) is 25.6 Å². The van der Waals surface area contributed by atoms with Crippen LogP contribution >= 0.6 is 11.3 Å². The first-order valence-corrected chi connectivity index (χ1v) is 11.3. The molecule has 146 valence electrons. The zero-order valence-corrected chi connectivity index (χ0v) is 17.5. The van der Waals surface area contributed by atoms with Crippen molar-refractivity contribution in [3.8, 4) is 22.5 Å². The van der Waals surface area contributed by atoms with Gasteiger partial charge in [0.25, 0.3) is 0 Å². The highest BCUT2D eigenvalue weighted by Crippen LogP contribution is 2.41. The van der Waals surface area contributed by atoms with Gasteiger partial charge in [-0.3, -0.25) is 4.99 Å². The van der Waals surface area contributed by atoms with E-state index in [-0.39, 0.29) is 11.6 Å². The van der Waals surface area contributed by atoms with Crippen molar-refractivity contribution in [1.29, 1.82) is 0 Å². The first-order chi connectivity index (χ1) is 13.1. The molecule has 28 heavy (non-hydrogen) atoms. The highest BCUT2D eigenvalue weighted by atomic mass is 32.2. The number of aromatic nitrogens is 1. The summed E-state index contributed by atoms with van der Waals surface area (Å²) in [7, 11) is -3.43. The molecule has 6 nitrogen and oxygen atoms in total. The standard InChI is InChI=1S/C20H21N3O3S2/c1-19(2)18(21)23-20(3,12-28(19,24)25)17-10-15(11-27-17)13-5-4-6-14(9-13)16-7-8-22-26-16/h4-11H,12H2,1-3H3,(H2,21,23). The molecule has 0 saturated carbocycles. The second-order valence-electron chi connectivity index (χ2n) is 7.70. The molecule has 3 aromatic rings. The first-order valence-electron chi connectivity index (χ1n) is 8.81. The van der Waals surface area contributed by atoms with Gasteiger partial charge in [-0.1, -0.05) is 23.4 Å². The Morgan fingerprint density at radius 2 is 1.86 bits per heavy atom. The number of nitrogens with zero attached hydrogens (tertiary/aromatic N) is 2. The van der Waals surface area contributed by atoms with E-state index < -0.39 is 20.1 Å². The number of hydrogen-bond donors (Lipinski definition) is 1. The van der Waals surface area contributed by atoms with Crippen LogP contribution in [-0.2, 0) is 15.4 Å². The van der Waals surface area contributed by atoms with Gasteiger partial charge in [0.15, 0.2) is 15.6 Å². The second kappa shape index (κ2) is 6.28. The molecule has 1 aliphatic heterocycles. The van der Waals surface area contributed by atoms with Crippen molar-refractivity contribution in [2.45, 2.75) is 31.1 Å². The van der Waals surface area contributed by atoms with Gasteiger partial charge in [-0.05, 0) is 49.4 Å². The quantitative estimate of drug-likeness (QED) is 0.700. The summed E-state index contributed by atoms with van der Waals surface area (Å²) in [6.45, 7) is 5.04. The summed E-state index contributed by atoms with van der Waals surface area (Å²) in [5.74, 6) is 0.789. The predicted octanol–water partition coefficient (Wildman–Crippen LogP) is 3.85. The summed E-state index contributed by atoms with van der Waals surface area (Å²) < 4.78 is 29.7. The molecule has 0 saturated heterocycles. The molecular weight excluding hydrogens is 394 g/mol. The number of nitrogens with two attached hydrogens (primary N) is 1. The molecule has 0 spiro atoms. The van der Waals surface area contributed by atoms with Crippen LogP contribution in [0.3, 0.4) is 0 Å². The summed E-state index contributed by atoms with van der Waals surface area (Å²) in [6.07, 6.45) is 1.61. The largest absolute Gasteiger partial charge is 0.386 e. The lowest BCUT2D eigenvalue weighted by atomic mass is 9.99. The highest BCUT2D eigenvalue weighted by Gasteiger charge is 2.49. The smallest absolute Gasteiger partial charge is 0.166 e. The Hall–Kier alpha value is -2.45. The molecule has 1 atom stereocenters. The van der Waals surface area contributed by atoms with Crippen LogP contribution in [0.4, 0.5) is 0 Å². The Morgan fingerprint density at radius 1 is 1.11 bits per heavy atom. The van der Waals surface area contributed by atoms with Gasteiger partial charge in [-0.2, -0.15) is 0 Å². The van der Waals surface area contributed by atoms with E-state index in [1.165, 1.54) is 11.3 Å². The van der Waals surface area contributed by atoms with Gasteiger partial charge >= 0.3 is 0 Å². The third-order valence-electron chi connectivity index (χ3n) is 5.28. The molecule has 0 amide bonds. The minimum atomic E-state index is -3.43. The number of thiophene rings is 1. The predicted molar refractivity (Wildman–Crippen MR) is 112 cm³/mol. The third-order valence-corrected chi connectivity index (χ3v) is 9.17. The Balaban J connectivity index is 1.73. The van der Waals surface area contributed by atoms with Crippen molar-refractivity contribution in [2.24, 2.45) is 10.7 Å². The topological polar surface area (TPSA) is 98.5 Å². The van der Waals surface area contributed by atoms with Crippen molar-refractivity contribution in [1.82, 2.24) is 5.16 Å². The number of rotatable bonds is 3. The van der Waals surface area contributed by atoms with Gasteiger partial charge in [0.05, 0.1) is 11.9 Å². The van der Waals surface area contributed by atoms with Crippen LogP contribution in [-0.4, -0.2) is 29.9 Å². The molecule has 1 aromatic carbocycles. The minimum Gasteiger partial charge on any atom is -0.386 e. The molecule has 2 aromatic heterocycles. The van der Waals surface area contributed by atoms with Crippen LogP contribution in [0.15, 0.2) is 57.5 Å². The summed E-state index contributed by atoms with van der Waals surface area (Å²) in [5, 5.41) is 5.76. The van der Waals surface area contributed by atoms with E-state index in [1.54, 1.807) is 20.0 Å². The number of sulfone groups is 1. The van der Waals surface area contributed by atoms with Crippen molar-refractivity contribution >= 4 is 27.0 Å². The van der Waals surface area contributed by atoms with E-state index in [0.29, 0.717) is 5.76 Å². The molecule has 0 fully saturated rings. The maximum absolute atomic E-state index is 12.8. The second-order valence-corrected chi connectivity index (χ2v) is 11.1. The molecule has 4 rings (SSSR count). The van der Waals surface area contributed by atoms with E-state index in [2.05, 4.69) is 10.1 Å². The molecule has 0 aliphatic carbocycles. The molecule has 1 aliphatic rings. The average Bonchev–Trinajstić information content (AvgIpc) is 3.32. The molecule has 3 heterocycles. The Morgan fingerprint density at radius 3 is 2.54 bits per heavy atom. The highest BCUT2D eigenvalue weighted by molar-refractivity contribution is 7.93. The summed E-state index contributed by atoms with van der Waals surface area (Å²) in [6, 6.07) is 11.7. The third kappa shape index (κ3) is 2.97. The lowest BCUT2D eigenvalue weighted by Gasteiger charge is -2.37. The van der Waals surface area contributed by atoms with Crippen LogP contribution in [0.25, 0.3) is 22.5 Å². The molecule has 1 unspecified atom stereocenters. The average molecular weight is 416 g/mol. The summed E-state index contributed by atoms with van der Waals surface area (Å²) >= 11 is 1.49. The van der Waals surface area contributed by atoms with Crippen LogP contribution in [0, 0.1) is 0 Å². The van der Waals surface area contributed by atoms with E-state index in [9.17, 15) is 8.42 Å². The monoisotopic (exact) mass is 415 g/mol. The van der Waals surface area contributed by atoms with Crippen molar-refractivity contribution < 1.29 is 12.9 Å². The number of benzene rings is 1. The van der Waals surface area contributed by atoms with E-state index >= 15 is 0 Å². The van der Waals surface area contributed by atoms with E-state index in [1.807, 2.05) is 48.7 Å². The maximum Gasteiger partial charge on any atom is 0.166 e. The van der Waals surface area contributed by atoms with E-state index in [4.69, 9.17) is 10.3 Å². The first kappa shape index (κ1) is 18.9. The Kier molecular flexibility index (Phi) is 4.24. The Bertz CT molecular complexity index is 1160. The SMILES string of the molecule is CC1(c2cc(-c3cccc(-c4ccno4)c3)cs2)CS(=O)(=O)C(C)(C)C(N)=N1. The zero-order valence-electron chi connectivity index (χ0n) is 15.8. The number of amidine groups is 1. The molecule has 8 heteroatoms.